The Morgan fingerprint density at radius 1 is 1.37 bits per heavy atom. The van der Waals surface area contributed by atoms with E-state index in [1.165, 1.54) is 35.1 Å². The maximum Gasteiger partial charge on any atom is 0.338 e. The number of ether oxygens (including phenoxy) is 1. The number of likely N-dealkylation sites (tertiary alicyclic amines) is 1. The van der Waals surface area contributed by atoms with Gasteiger partial charge in [-0.2, -0.15) is 0 Å². The Labute approximate surface area is 157 Å². The lowest BCUT2D eigenvalue weighted by atomic mass is 9.72. The van der Waals surface area contributed by atoms with Crippen molar-refractivity contribution >= 4 is 25.3 Å². The van der Waals surface area contributed by atoms with Crippen LogP contribution in [-0.2, 0) is 32.7 Å². The lowest BCUT2D eigenvalue weighted by molar-refractivity contribution is -0.156. The van der Waals surface area contributed by atoms with Crippen molar-refractivity contribution in [2.45, 2.75) is 37.5 Å². The minimum absolute atomic E-state index is 0.109. The van der Waals surface area contributed by atoms with Gasteiger partial charge in [-0.3, -0.25) is 14.2 Å². The standard InChI is InChI=1S/C16H26NO9P/c1-9(11(19)7-27(23,24-4)25-5)6-12-16(22)10(2)13(20)17(3)15(16,8-18)14(21)26-12/h9-10,12,18,22H,6-8H2,1-5H3/t9-,10+,12+,15-,16-/m1/s1. The van der Waals surface area contributed by atoms with Crippen LogP contribution in [0.15, 0.2) is 0 Å². The average molecular weight is 407 g/mol. The van der Waals surface area contributed by atoms with Crippen LogP contribution in [0.1, 0.15) is 20.3 Å². The first-order valence-corrected chi connectivity index (χ1v) is 10.2. The summed E-state index contributed by atoms with van der Waals surface area (Å²) in [5, 5.41) is 21.1. The van der Waals surface area contributed by atoms with E-state index in [2.05, 4.69) is 0 Å². The third-order valence-corrected chi connectivity index (χ3v) is 7.74. The van der Waals surface area contributed by atoms with Gasteiger partial charge >= 0.3 is 13.6 Å². The Balaban J connectivity index is 2.27. The predicted octanol–water partition coefficient (Wildman–Crippen LogP) is -0.437. The van der Waals surface area contributed by atoms with Gasteiger partial charge in [-0.05, 0) is 6.42 Å². The first kappa shape index (κ1) is 22.0. The van der Waals surface area contributed by atoms with Crippen LogP contribution in [0.3, 0.4) is 0 Å². The third kappa shape index (κ3) is 2.94. The number of cyclic esters (lactones) is 1. The molecule has 0 bridgehead atoms. The van der Waals surface area contributed by atoms with E-state index >= 15 is 0 Å². The predicted molar refractivity (Wildman–Crippen MR) is 91.9 cm³/mol. The van der Waals surface area contributed by atoms with Crippen molar-refractivity contribution in [2.24, 2.45) is 11.8 Å². The number of Topliss-reactive ketones (excluding diaryl/α,β-unsaturated/α-hetero) is 1. The van der Waals surface area contributed by atoms with E-state index < -0.39 is 67.1 Å². The zero-order valence-corrected chi connectivity index (χ0v) is 16.9. The second kappa shape index (κ2) is 7.25. The number of hydrogen-bond acceptors (Lipinski definition) is 9. The fraction of sp³-hybridized carbons (Fsp3) is 0.812. The number of rotatable bonds is 8. The molecule has 2 saturated heterocycles. The quantitative estimate of drug-likeness (QED) is 0.405. The third-order valence-electron chi connectivity index (χ3n) is 5.93. The van der Waals surface area contributed by atoms with Gasteiger partial charge in [0, 0.05) is 27.2 Å². The number of aliphatic hydroxyl groups excluding tert-OH is 1. The molecule has 0 saturated carbocycles. The summed E-state index contributed by atoms with van der Waals surface area (Å²) in [6, 6.07) is 0. The van der Waals surface area contributed by atoms with Crippen molar-refractivity contribution in [3.63, 3.8) is 0 Å². The summed E-state index contributed by atoms with van der Waals surface area (Å²) in [4.78, 5) is 38.3. The number of nitrogens with zero attached hydrogens (tertiary/aromatic N) is 1. The maximum absolute atomic E-state index is 12.5. The summed E-state index contributed by atoms with van der Waals surface area (Å²) in [6.07, 6.45) is -1.77. The molecule has 10 nitrogen and oxygen atoms in total. The minimum atomic E-state index is -3.56. The SMILES string of the molecule is COP(=O)(CC(=O)[C@H](C)C[C@@H]1OC(=O)[C@@]2(CO)N(C)C(=O)[C@H](C)[C@@]12O)OC. The van der Waals surface area contributed by atoms with Crippen molar-refractivity contribution in [1.29, 1.82) is 0 Å². The fourth-order valence-corrected chi connectivity index (χ4v) is 5.08. The van der Waals surface area contributed by atoms with E-state index in [0.29, 0.717) is 0 Å². The normalized spacial score (nSPS) is 34.6. The van der Waals surface area contributed by atoms with E-state index in [1.807, 2.05) is 0 Å². The minimum Gasteiger partial charge on any atom is -0.457 e. The number of esters is 1. The summed E-state index contributed by atoms with van der Waals surface area (Å²) in [5.74, 6) is -3.67. The van der Waals surface area contributed by atoms with Gasteiger partial charge in [-0.1, -0.05) is 13.8 Å². The number of aliphatic hydroxyl groups is 2. The molecule has 27 heavy (non-hydrogen) atoms. The molecule has 2 aliphatic heterocycles. The molecule has 154 valence electrons. The van der Waals surface area contributed by atoms with Crippen LogP contribution in [0, 0.1) is 11.8 Å². The number of carbonyl (C=O) groups excluding carboxylic acids is 3. The Kier molecular flexibility index (Phi) is 5.90. The van der Waals surface area contributed by atoms with Crippen molar-refractivity contribution in [1.82, 2.24) is 4.90 Å². The van der Waals surface area contributed by atoms with Crippen molar-refractivity contribution in [3.8, 4) is 0 Å². The van der Waals surface area contributed by atoms with Crippen molar-refractivity contribution in [3.05, 3.63) is 0 Å². The number of likely N-dealkylation sites (N-methyl/N-ethyl adjacent to an activating group) is 1. The number of fused-ring (bicyclic) bond motifs is 1. The Morgan fingerprint density at radius 3 is 2.41 bits per heavy atom. The molecular formula is C16H26NO9P. The lowest BCUT2D eigenvalue weighted by Gasteiger charge is -2.37. The van der Waals surface area contributed by atoms with E-state index in [4.69, 9.17) is 13.8 Å². The van der Waals surface area contributed by atoms with E-state index in [-0.39, 0.29) is 6.42 Å². The van der Waals surface area contributed by atoms with Gasteiger partial charge in [0.05, 0.1) is 12.5 Å². The van der Waals surface area contributed by atoms with Gasteiger partial charge < -0.3 is 28.9 Å². The molecule has 0 spiro atoms. The van der Waals surface area contributed by atoms with Crippen LogP contribution in [-0.4, -0.2) is 84.1 Å². The van der Waals surface area contributed by atoms with Crippen LogP contribution >= 0.6 is 7.60 Å². The molecule has 2 rings (SSSR count). The molecule has 0 aliphatic carbocycles. The Hall–Kier alpha value is -1.32. The summed E-state index contributed by atoms with van der Waals surface area (Å²) in [5.41, 5.74) is -3.91. The van der Waals surface area contributed by atoms with Crippen LogP contribution < -0.4 is 0 Å². The van der Waals surface area contributed by atoms with E-state index in [9.17, 15) is 29.2 Å². The molecule has 1 amide bonds. The summed E-state index contributed by atoms with van der Waals surface area (Å²) >= 11 is 0. The number of hydrogen-bond donors (Lipinski definition) is 2. The summed E-state index contributed by atoms with van der Waals surface area (Å²) in [7, 11) is 0.0931. The number of ketones is 1. The molecule has 0 radical (unpaired) electrons. The summed E-state index contributed by atoms with van der Waals surface area (Å²) in [6.45, 7) is 2.16. The van der Waals surface area contributed by atoms with Crippen molar-refractivity contribution in [2.75, 3.05) is 34.0 Å². The molecule has 2 aliphatic rings. The van der Waals surface area contributed by atoms with Crippen LogP contribution in [0.2, 0.25) is 0 Å². The second-order valence-corrected chi connectivity index (χ2v) is 9.36. The molecule has 0 unspecified atom stereocenters. The van der Waals surface area contributed by atoms with Crippen LogP contribution in [0.25, 0.3) is 0 Å². The molecule has 5 atom stereocenters. The van der Waals surface area contributed by atoms with Crippen LogP contribution in [0.5, 0.6) is 0 Å². The molecule has 2 heterocycles. The average Bonchev–Trinajstić information content (AvgIpc) is 2.95. The molecule has 2 N–H and O–H groups in total. The van der Waals surface area contributed by atoms with Gasteiger partial charge in [0.1, 0.15) is 23.7 Å². The maximum atomic E-state index is 12.5. The van der Waals surface area contributed by atoms with Gasteiger partial charge in [-0.25, -0.2) is 4.79 Å². The second-order valence-electron chi connectivity index (χ2n) is 7.09. The van der Waals surface area contributed by atoms with Gasteiger partial charge in [0.2, 0.25) is 5.91 Å². The highest BCUT2D eigenvalue weighted by Crippen LogP contribution is 2.52. The Bertz CT molecular complexity index is 689. The first-order chi connectivity index (χ1) is 12.4. The lowest BCUT2D eigenvalue weighted by Crippen LogP contribution is -2.64. The smallest absolute Gasteiger partial charge is 0.338 e. The highest BCUT2D eigenvalue weighted by atomic mass is 31.2. The molecule has 0 aromatic rings. The molecular weight excluding hydrogens is 381 g/mol. The Morgan fingerprint density at radius 2 is 1.93 bits per heavy atom. The first-order valence-electron chi connectivity index (χ1n) is 8.50. The summed E-state index contributed by atoms with van der Waals surface area (Å²) < 4.78 is 27.0. The molecule has 0 aromatic carbocycles. The van der Waals surface area contributed by atoms with Gasteiger partial charge in [0.15, 0.2) is 5.54 Å². The van der Waals surface area contributed by atoms with Crippen molar-refractivity contribution < 1.29 is 42.9 Å². The fourth-order valence-electron chi connectivity index (χ4n) is 3.98. The molecule has 11 heteroatoms. The van der Waals surface area contributed by atoms with E-state index in [1.54, 1.807) is 0 Å². The molecule has 2 fully saturated rings. The molecule has 0 aromatic heterocycles. The highest BCUT2D eigenvalue weighted by Gasteiger charge is 2.77. The number of carbonyl (C=O) groups is 3. The monoisotopic (exact) mass is 407 g/mol. The van der Waals surface area contributed by atoms with Gasteiger partial charge in [-0.15, -0.1) is 0 Å². The topological polar surface area (TPSA) is 140 Å². The van der Waals surface area contributed by atoms with E-state index in [0.717, 1.165) is 4.90 Å². The number of amides is 1. The zero-order valence-electron chi connectivity index (χ0n) is 16.0. The van der Waals surface area contributed by atoms with Gasteiger partial charge in [0.25, 0.3) is 0 Å². The largest absolute Gasteiger partial charge is 0.457 e. The zero-order chi connectivity index (χ0) is 20.8. The highest BCUT2D eigenvalue weighted by molar-refractivity contribution is 7.54. The van der Waals surface area contributed by atoms with Crippen LogP contribution in [0.4, 0.5) is 0 Å².